The van der Waals surface area contributed by atoms with Gasteiger partial charge in [-0.25, -0.2) is 4.79 Å². The fourth-order valence-electron chi connectivity index (χ4n) is 1.04. The van der Waals surface area contributed by atoms with Gasteiger partial charge in [0.2, 0.25) is 5.91 Å². The number of nitrogens with one attached hydrogen (secondary N) is 1. The molecule has 0 saturated carbocycles. The molecule has 5 heteroatoms. The van der Waals surface area contributed by atoms with Crippen molar-refractivity contribution in [1.82, 2.24) is 0 Å². The molecule has 5 nitrogen and oxygen atoms in total. The number of benzene rings is 1. The number of amides is 1. The molecular formula is C12H11NO4. The fourth-order valence-corrected chi connectivity index (χ4v) is 1.04. The van der Waals surface area contributed by atoms with Crippen molar-refractivity contribution in [3.63, 3.8) is 0 Å². The molecular weight excluding hydrogens is 222 g/mol. The van der Waals surface area contributed by atoms with Gasteiger partial charge in [-0.15, -0.1) is 0 Å². The predicted octanol–water partition coefficient (Wildman–Crippen LogP) is 1.79. The normalized spacial score (nSPS) is 9.88. The molecule has 0 aromatic heterocycles. The number of anilines is 1. The molecule has 0 unspecified atom stereocenters. The summed E-state index contributed by atoms with van der Waals surface area (Å²) >= 11 is 0. The summed E-state index contributed by atoms with van der Waals surface area (Å²) in [5.41, 5.74) is 0.543. The highest BCUT2D eigenvalue weighted by molar-refractivity contribution is 6.02. The van der Waals surface area contributed by atoms with Gasteiger partial charge in [-0.3, -0.25) is 4.79 Å². The Balaban J connectivity index is 2.60. The van der Waals surface area contributed by atoms with Gasteiger partial charge in [-0.05, 0) is 24.3 Å². The van der Waals surface area contributed by atoms with Crippen molar-refractivity contribution in [2.75, 3.05) is 5.32 Å². The number of carboxylic acids is 1. The van der Waals surface area contributed by atoms with Crippen molar-refractivity contribution in [3.05, 3.63) is 49.3 Å². The second-order valence-electron chi connectivity index (χ2n) is 2.97. The Morgan fingerprint density at radius 1 is 1.24 bits per heavy atom. The van der Waals surface area contributed by atoms with Crippen LogP contribution in [0.2, 0.25) is 0 Å². The molecule has 0 radical (unpaired) electrons. The van der Waals surface area contributed by atoms with Crippen LogP contribution < -0.4 is 10.1 Å². The third-order valence-electron chi connectivity index (χ3n) is 1.72. The van der Waals surface area contributed by atoms with Crippen molar-refractivity contribution in [2.24, 2.45) is 0 Å². The standard InChI is InChI=1S/C12H11NO4/c1-2-17-10-5-3-9(4-6-10)13-11(14)7-8-12(15)16/h2-8H,1H2,(H,13,14)(H,15,16). The van der Waals surface area contributed by atoms with E-state index in [9.17, 15) is 9.59 Å². The lowest BCUT2D eigenvalue weighted by atomic mass is 10.3. The van der Waals surface area contributed by atoms with Crippen LogP contribution in [0.15, 0.2) is 49.3 Å². The van der Waals surface area contributed by atoms with E-state index in [4.69, 9.17) is 9.84 Å². The largest absolute Gasteiger partial charge is 0.478 e. The van der Waals surface area contributed by atoms with E-state index < -0.39 is 11.9 Å². The number of aliphatic carboxylic acids is 1. The quantitative estimate of drug-likeness (QED) is 0.600. The first-order valence-electron chi connectivity index (χ1n) is 4.71. The van der Waals surface area contributed by atoms with E-state index in [0.29, 0.717) is 11.4 Å². The lowest BCUT2D eigenvalue weighted by Crippen LogP contribution is -2.08. The van der Waals surface area contributed by atoms with Crippen molar-refractivity contribution in [1.29, 1.82) is 0 Å². The molecule has 0 heterocycles. The summed E-state index contributed by atoms with van der Waals surface area (Å²) in [7, 11) is 0. The van der Waals surface area contributed by atoms with E-state index in [1.54, 1.807) is 24.3 Å². The topological polar surface area (TPSA) is 75.6 Å². The summed E-state index contributed by atoms with van der Waals surface area (Å²) in [6.07, 6.45) is 3.00. The Kier molecular flexibility index (Phi) is 4.50. The first-order valence-corrected chi connectivity index (χ1v) is 4.71. The Bertz CT molecular complexity index is 448. The van der Waals surface area contributed by atoms with Crippen molar-refractivity contribution < 1.29 is 19.4 Å². The van der Waals surface area contributed by atoms with E-state index in [0.717, 1.165) is 12.2 Å². The summed E-state index contributed by atoms with van der Waals surface area (Å²) in [5.74, 6) is -1.08. The molecule has 0 saturated heterocycles. The Morgan fingerprint density at radius 2 is 1.88 bits per heavy atom. The monoisotopic (exact) mass is 233 g/mol. The summed E-state index contributed by atoms with van der Waals surface area (Å²) in [4.78, 5) is 21.4. The van der Waals surface area contributed by atoms with Gasteiger partial charge in [0.15, 0.2) is 0 Å². The molecule has 17 heavy (non-hydrogen) atoms. The lowest BCUT2D eigenvalue weighted by Gasteiger charge is -2.03. The summed E-state index contributed by atoms with van der Waals surface area (Å²) in [5, 5.41) is 10.8. The predicted molar refractivity (Wildman–Crippen MR) is 62.7 cm³/mol. The first-order chi connectivity index (χ1) is 8.11. The SMILES string of the molecule is C=COc1ccc(NC(=O)C=CC(=O)O)cc1. The Labute approximate surface area is 98.0 Å². The molecule has 1 amide bonds. The summed E-state index contributed by atoms with van der Waals surface area (Å²) < 4.78 is 5.00. The number of carbonyl (C=O) groups excluding carboxylic acids is 1. The highest BCUT2D eigenvalue weighted by Gasteiger charge is 1.99. The smallest absolute Gasteiger partial charge is 0.328 e. The van der Waals surface area contributed by atoms with E-state index in [2.05, 4.69) is 11.9 Å². The Morgan fingerprint density at radius 3 is 2.41 bits per heavy atom. The number of carboxylic acid groups (broad SMARTS) is 1. The molecule has 1 aromatic rings. The van der Waals surface area contributed by atoms with Crippen LogP contribution >= 0.6 is 0 Å². The minimum atomic E-state index is -1.17. The molecule has 0 atom stereocenters. The summed E-state index contributed by atoms with van der Waals surface area (Å²) in [6.45, 7) is 3.41. The lowest BCUT2D eigenvalue weighted by molar-refractivity contribution is -0.131. The molecule has 0 fully saturated rings. The highest BCUT2D eigenvalue weighted by atomic mass is 16.5. The number of rotatable bonds is 5. The maximum Gasteiger partial charge on any atom is 0.328 e. The van der Waals surface area contributed by atoms with Crippen LogP contribution in [0, 0.1) is 0 Å². The number of hydrogen-bond donors (Lipinski definition) is 2. The third-order valence-corrected chi connectivity index (χ3v) is 1.72. The number of hydrogen-bond acceptors (Lipinski definition) is 3. The highest BCUT2D eigenvalue weighted by Crippen LogP contribution is 2.15. The van der Waals surface area contributed by atoms with Gasteiger partial charge < -0.3 is 15.2 Å². The molecule has 88 valence electrons. The van der Waals surface area contributed by atoms with Crippen LogP contribution in [0.4, 0.5) is 5.69 Å². The van der Waals surface area contributed by atoms with Crippen molar-refractivity contribution in [3.8, 4) is 5.75 Å². The van der Waals surface area contributed by atoms with Gasteiger partial charge in [-0.1, -0.05) is 6.58 Å². The van der Waals surface area contributed by atoms with Gasteiger partial charge in [0.1, 0.15) is 5.75 Å². The van der Waals surface area contributed by atoms with Crippen molar-refractivity contribution >= 4 is 17.6 Å². The average Bonchev–Trinajstić information content (AvgIpc) is 2.29. The van der Waals surface area contributed by atoms with Gasteiger partial charge in [0.05, 0.1) is 6.26 Å². The average molecular weight is 233 g/mol. The van der Waals surface area contributed by atoms with Crippen LogP contribution in [-0.2, 0) is 9.59 Å². The van der Waals surface area contributed by atoms with E-state index in [1.165, 1.54) is 6.26 Å². The zero-order chi connectivity index (χ0) is 12.7. The zero-order valence-electron chi connectivity index (χ0n) is 8.92. The molecule has 0 aliphatic rings. The maximum absolute atomic E-state index is 11.2. The van der Waals surface area contributed by atoms with E-state index >= 15 is 0 Å². The molecule has 1 aromatic carbocycles. The van der Waals surface area contributed by atoms with Crippen molar-refractivity contribution in [2.45, 2.75) is 0 Å². The third kappa shape index (κ3) is 4.65. The maximum atomic E-state index is 11.2. The molecule has 0 aliphatic carbocycles. The summed E-state index contributed by atoms with van der Waals surface area (Å²) in [6, 6.07) is 6.56. The van der Waals surface area contributed by atoms with Crippen LogP contribution in [0.1, 0.15) is 0 Å². The van der Waals surface area contributed by atoms with Gasteiger partial charge >= 0.3 is 5.97 Å². The van der Waals surface area contributed by atoms with Crippen LogP contribution in [0.25, 0.3) is 0 Å². The van der Waals surface area contributed by atoms with Gasteiger partial charge in [0.25, 0.3) is 0 Å². The van der Waals surface area contributed by atoms with E-state index in [-0.39, 0.29) is 0 Å². The zero-order valence-corrected chi connectivity index (χ0v) is 8.92. The second kappa shape index (κ2) is 6.12. The molecule has 0 bridgehead atoms. The first kappa shape index (κ1) is 12.5. The van der Waals surface area contributed by atoms with Crippen LogP contribution in [-0.4, -0.2) is 17.0 Å². The molecule has 2 N–H and O–H groups in total. The fraction of sp³-hybridized carbons (Fsp3) is 0. The molecule has 0 aliphatic heterocycles. The Hall–Kier alpha value is -2.56. The van der Waals surface area contributed by atoms with Gasteiger partial charge in [-0.2, -0.15) is 0 Å². The minimum absolute atomic E-state index is 0.509. The van der Waals surface area contributed by atoms with Gasteiger partial charge in [0, 0.05) is 17.8 Å². The molecule has 1 rings (SSSR count). The second-order valence-corrected chi connectivity index (χ2v) is 2.97. The van der Waals surface area contributed by atoms with Crippen LogP contribution in [0.3, 0.4) is 0 Å². The molecule has 0 spiro atoms. The van der Waals surface area contributed by atoms with Crippen LogP contribution in [0.5, 0.6) is 5.75 Å². The number of ether oxygens (including phenoxy) is 1. The van der Waals surface area contributed by atoms with E-state index in [1.807, 2.05) is 0 Å². The minimum Gasteiger partial charge on any atom is -0.478 e. The number of carbonyl (C=O) groups is 2.